The van der Waals surface area contributed by atoms with Gasteiger partial charge in [0.1, 0.15) is 5.75 Å². The van der Waals surface area contributed by atoms with E-state index in [-0.39, 0.29) is 17.1 Å². The molecule has 0 radical (unpaired) electrons. The first-order valence-electron chi connectivity index (χ1n) is 12.5. The first-order chi connectivity index (χ1) is 16.4. The third-order valence-electron chi connectivity index (χ3n) is 6.68. The van der Waals surface area contributed by atoms with Gasteiger partial charge in [0, 0.05) is 29.7 Å². The van der Waals surface area contributed by atoms with E-state index in [9.17, 15) is 9.59 Å². The van der Waals surface area contributed by atoms with E-state index in [2.05, 4.69) is 26.1 Å². The highest BCUT2D eigenvalue weighted by Crippen LogP contribution is 2.49. The van der Waals surface area contributed by atoms with Gasteiger partial charge < -0.3 is 10.1 Å². The molecule has 1 heterocycles. The number of rotatable bonds is 7. The van der Waals surface area contributed by atoms with Crippen LogP contribution in [0.25, 0.3) is 0 Å². The molecule has 0 aromatic heterocycles. The number of nitrogens with zero attached hydrogens (tertiary/aromatic N) is 1. The van der Waals surface area contributed by atoms with Crippen LogP contribution in [0.1, 0.15) is 77.8 Å². The number of amides is 1. The Morgan fingerprint density at radius 1 is 1.06 bits per heavy atom. The lowest BCUT2D eigenvalue weighted by molar-refractivity contribution is -0.119. The highest BCUT2D eigenvalue weighted by molar-refractivity contribution is 6.06. The number of para-hydroxylation sites is 3. The average molecular weight is 461 g/mol. The number of hydrogen-bond donors (Lipinski definition) is 1. The maximum atomic E-state index is 13.9. The summed E-state index contributed by atoms with van der Waals surface area (Å²) in [5, 5.41) is 3.57. The highest BCUT2D eigenvalue weighted by atomic mass is 16.5. The zero-order chi connectivity index (χ0) is 24.3. The number of hydrogen-bond acceptors (Lipinski definition) is 4. The molecule has 4 rings (SSSR count). The first kappa shape index (κ1) is 24.1. The predicted molar refractivity (Wildman–Crippen MR) is 137 cm³/mol. The number of ketones is 1. The van der Waals surface area contributed by atoms with Gasteiger partial charge in [0.05, 0.1) is 24.0 Å². The van der Waals surface area contributed by atoms with E-state index in [1.165, 1.54) is 0 Å². The quantitative estimate of drug-likeness (QED) is 0.461. The number of benzene rings is 2. The van der Waals surface area contributed by atoms with Gasteiger partial charge >= 0.3 is 0 Å². The van der Waals surface area contributed by atoms with E-state index in [0.29, 0.717) is 30.8 Å². The third-order valence-corrected chi connectivity index (χ3v) is 6.68. The molecule has 5 nitrogen and oxygen atoms in total. The summed E-state index contributed by atoms with van der Waals surface area (Å²) in [6.45, 7) is 8.85. The van der Waals surface area contributed by atoms with Crippen LogP contribution in [0.5, 0.6) is 5.75 Å². The van der Waals surface area contributed by atoms with E-state index < -0.39 is 6.04 Å². The number of fused-ring (bicyclic) bond motifs is 1. The monoisotopic (exact) mass is 460 g/mol. The molecular weight excluding hydrogens is 424 g/mol. The lowest BCUT2D eigenvalue weighted by atomic mass is 9.73. The van der Waals surface area contributed by atoms with Crippen molar-refractivity contribution >= 4 is 23.1 Å². The highest BCUT2D eigenvalue weighted by Gasteiger charge is 2.43. The normalized spacial score (nSPS) is 19.1. The van der Waals surface area contributed by atoms with Crippen molar-refractivity contribution in [3.63, 3.8) is 0 Å². The molecule has 34 heavy (non-hydrogen) atoms. The summed E-state index contributed by atoms with van der Waals surface area (Å²) in [4.78, 5) is 29.5. The molecule has 1 aliphatic heterocycles. The number of carbonyl (C=O) groups excluding carboxylic acids is 2. The first-order valence-corrected chi connectivity index (χ1v) is 12.5. The molecule has 2 aromatic rings. The number of allylic oxidation sites excluding steroid dienone is 1. The molecule has 0 saturated heterocycles. The number of unbranched alkanes of at least 4 members (excludes halogenated alkanes) is 2. The number of nitrogens with one attached hydrogen (secondary N) is 1. The molecule has 0 bridgehead atoms. The Morgan fingerprint density at radius 2 is 1.79 bits per heavy atom. The van der Waals surface area contributed by atoms with Crippen molar-refractivity contribution in [2.75, 3.05) is 16.8 Å². The van der Waals surface area contributed by atoms with E-state index in [4.69, 9.17) is 4.74 Å². The Labute approximate surface area is 203 Å². The molecular formula is C29H36N2O3. The van der Waals surface area contributed by atoms with Crippen LogP contribution in [0.4, 0.5) is 11.4 Å². The van der Waals surface area contributed by atoms with Gasteiger partial charge in [0.15, 0.2) is 5.78 Å². The maximum Gasteiger partial charge on any atom is 0.227 e. The number of carbonyl (C=O) groups is 2. The van der Waals surface area contributed by atoms with Crippen LogP contribution in [0.3, 0.4) is 0 Å². The van der Waals surface area contributed by atoms with Crippen molar-refractivity contribution in [3.8, 4) is 5.75 Å². The smallest absolute Gasteiger partial charge is 0.227 e. The molecule has 1 amide bonds. The molecule has 1 N–H and O–H groups in total. The molecule has 2 aromatic carbocycles. The van der Waals surface area contributed by atoms with Crippen LogP contribution in [-0.2, 0) is 9.59 Å². The molecule has 1 aliphatic carbocycles. The molecule has 0 unspecified atom stereocenters. The van der Waals surface area contributed by atoms with Gasteiger partial charge in [-0.05, 0) is 43.4 Å². The second kappa shape index (κ2) is 10.0. The number of ether oxygens (including phenoxy) is 1. The van der Waals surface area contributed by atoms with Gasteiger partial charge in [-0.3, -0.25) is 14.5 Å². The minimum atomic E-state index is -0.536. The Morgan fingerprint density at radius 3 is 2.56 bits per heavy atom. The van der Waals surface area contributed by atoms with Crippen molar-refractivity contribution in [1.29, 1.82) is 0 Å². The molecule has 180 valence electrons. The summed E-state index contributed by atoms with van der Waals surface area (Å²) in [7, 11) is 0. The van der Waals surface area contributed by atoms with Crippen molar-refractivity contribution in [2.24, 2.45) is 5.41 Å². The number of Topliss-reactive ketones (excluding diaryl/α,β-unsaturated/α-hetero) is 1. The molecule has 0 fully saturated rings. The fraction of sp³-hybridized carbons (Fsp3) is 0.448. The van der Waals surface area contributed by atoms with Gasteiger partial charge in [0.25, 0.3) is 0 Å². The lowest BCUT2D eigenvalue weighted by Crippen LogP contribution is -2.39. The molecule has 0 saturated carbocycles. The molecule has 2 aliphatic rings. The maximum absolute atomic E-state index is 13.9. The largest absolute Gasteiger partial charge is 0.494 e. The van der Waals surface area contributed by atoms with Crippen LogP contribution in [0.2, 0.25) is 0 Å². The van der Waals surface area contributed by atoms with Gasteiger partial charge in [-0.25, -0.2) is 0 Å². The zero-order valence-corrected chi connectivity index (χ0v) is 20.8. The minimum absolute atomic E-state index is 0.0328. The third kappa shape index (κ3) is 4.75. The van der Waals surface area contributed by atoms with Gasteiger partial charge in [-0.2, -0.15) is 0 Å². The molecule has 5 heteroatoms. The van der Waals surface area contributed by atoms with Gasteiger partial charge in [-0.15, -0.1) is 0 Å². The minimum Gasteiger partial charge on any atom is -0.494 e. The van der Waals surface area contributed by atoms with E-state index in [1.54, 1.807) is 0 Å². The summed E-state index contributed by atoms with van der Waals surface area (Å²) in [6.07, 6.45) is 4.51. The summed E-state index contributed by atoms with van der Waals surface area (Å²) >= 11 is 0. The zero-order valence-electron chi connectivity index (χ0n) is 20.8. The summed E-state index contributed by atoms with van der Waals surface area (Å²) in [6, 6.07) is 15.2. The fourth-order valence-electron chi connectivity index (χ4n) is 5.20. The lowest BCUT2D eigenvalue weighted by Gasteiger charge is -2.37. The van der Waals surface area contributed by atoms with Crippen molar-refractivity contribution in [2.45, 2.75) is 72.3 Å². The molecule has 0 spiro atoms. The van der Waals surface area contributed by atoms with E-state index in [0.717, 1.165) is 48.3 Å². The summed E-state index contributed by atoms with van der Waals surface area (Å²) in [5.74, 6) is 0.838. The molecule has 1 atom stereocenters. The fourth-order valence-corrected chi connectivity index (χ4v) is 5.20. The van der Waals surface area contributed by atoms with Crippen LogP contribution < -0.4 is 15.0 Å². The predicted octanol–water partition coefficient (Wildman–Crippen LogP) is 6.81. The van der Waals surface area contributed by atoms with Crippen molar-refractivity contribution in [1.82, 2.24) is 0 Å². The Kier molecular flexibility index (Phi) is 7.11. The van der Waals surface area contributed by atoms with Crippen LogP contribution in [0, 0.1) is 5.41 Å². The topological polar surface area (TPSA) is 58.6 Å². The van der Waals surface area contributed by atoms with E-state index in [1.807, 2.05) is 60.4 Å². The Balaban J connectivity index is 1.96. The Bertz CT molecular complexity index is 1100. The van der Waals surface area contributed by atoms with Gasteiger partial charge in [-0.1, -0.05) is 63.9 Å². The summed E-state index contributed by atoms with van der Waals surface area (Å²) in [5.41, 5.74) is 3.97. The second-order valence-corrected chi connectivity index (χ2v) is 10.1. The van der Waals surface area contributed by atoms with Gasteiger partial charge in [0.2, 0.25) is 5.91 Å². The Hall–Kier alpha value is -3.08. The SMILES string of the molecule is CCCCCC(=O)N1c2ccccc2NC2=C(C(=O)CC(C)(C)C2)[C@@H]1c1ccccc1OCC. The van der Waals surface area contributed by atoms with Crippen molar-refractivity contribution in [3.05, 3.63) is 65.4 Å². The van der Waals surface area contributed by atoms with Crippen molar-refractivity contribution < 1.29 is 14.3 Å². The van der Waals surface area contributed by atoms with Crippen LogP contribution in [0.15, 0.2) is 59.8 Å². The number of anilines is 2. The van der Waals surface area contributed by atoms with Crippen LogP contribution in [-0.4, -0.2) is 18.3 Å². The summed E-state index contributed by atoms with van der Waals surface area (Å²) < 4.78 is 6.01. The standard InChI is InChI=1S/C29H36N2O3/c1-5-7-8-17-26(33)31-23-15-11-10-14-21(23)30-22-18-29(3,4)19-24(32)27(22)28(31)20-13-9-12-16-25(20)34-6-2/h9-16,28,30H,5-8,17-19H2,1-4H3/t28-/m0/s1. The van der Waals surface area contributed by atoms with Crippen LogP contribution >= 0.6 is 0 Å². The average Bonchev–Trinajstić information content (AvgIpc) is 2.93. The second-order valence-electron chi connectivity index (χ2n) is 10.1. The van der Waals surface area contributed by atoms with E-state index >= 15 is 0 Å².